The van der Waals surface area contributed by atoms with Gasteiger partial charge in [0.15, 0.2) is 0 Å². The molecular formula is C31H48O4. The molecule has 2 rings (SSSR count). The third-order valence-electron chi connectivity index (χ3n) is 7.04. The molecule has 35 heavy (non-hydrogen) atoms. The van der Waals surface area contributed by atoms with Crippen LogP contribution in [0.15, 0.2) is 34.9 Å². The Balaban J connectivity index is 1.66. The number of aromatic hydroxyl groups is 1. The van der Waals surface area contributed by atoms with Crippen molar-refractivity contribution in [3.63, 3.8) is 0 Å². The summed E-state index contributed by atoms with van der Waals surface area (Å²) in [5.41, 5.74) is 7.86. The predicted molar refractivity (Wildman–Crippen MR) is 147 cm³/mol. The Bertz CT molecular complexity index is 934. The Kier molecular flexibility index (Phi) is 11.6. The Hall–Kier alpha value is -2.04. The molecule has 196 valence electrons. The monoisotopic (exact) mass is 484 g/mol. The molecule has 4 heteroatoms. The number of hydrogen-bond acceptors (Lipinski definition) is 4. The zero-order valence-corrected chi connectivity index (χ0v) is 23.5. The SMILES string of the molecule is CC(C)=CCC/C(C)=C/CC/C(C)=C/COCCOCC1(C)CCc2c(C)c(O)c(C)c(C)c2O1. The number of rotatable bonds is 13. The van der Waals surface area contributed by atoms with Gasteiger partial charge in [0.25, 0.3) is 0 Å². The van der Waals surface area contributed by atoms with Crippen LogP contribution >= 0.6 is 0 Å². The summed E-state index contributed by atoms with van der Waals surface area (Å²) in [5.74, 6) is 1.32. The van der Waals surface area contributed by atoms with Crippen LogP contribution in [-0.2, 0) is 15.9 Å². The van der Waals surface area contributed by atoms with Crippen molar-refractivity contribution >= 4 is 0 Å². The summed E-state index contributed by atoms with van der Waals surface area (Å²) in [5, 5.41) is 10.4. The normalized spacial score (nSPS) is 18.3. The molecule has 0 radical (unpaired) electrons. The molecule has 0 fully saturated rings. The number of phenols is 1. The first-order valence-corrected chi connectivity index (χ1v) is 13.1. The van der Waals surface area contributed by atoms with Gasteiger partial charge in [0.2, 0.25) is 0 Å². The Morgan fingerprint density at radius 3 is 2.20 bits per heavy atom. The van der Waals surface area contributed by atoms with Gasteiger partial charge >= 0.3 is 0 Å². The van der Waals surface area contributed by atoms with E-state index >= 15 is 0 Å². The van der Waals surface area contributed by atoms with Crippen molar-refractivity contribution in [1.82, 2.24) is 0 Å². The van der Waals surface area contributed by atoms with Gasteiger partial charge in [-0.15, -0.1) is 0 Å². The molecule has 1 atom stereocenters. The molecule has 0 saturated heterocycles. The predicted octanol–water partition coefficient (Wildman–Crippen LogP) is 7.85. The van der Waals surface area contributed by atoms with Gasteiger partial charge in [0.1, 0.15) is 17.1 Å². The molecule has 0 amide bonds. The van der Waals surface area contributed by atoms with Crippen molar-refractivity contribution in [2.45, 2.75) is 99.5 Å². The van der Waals surface area contributed by atoms with Crippen LogP contribution in [0.1, 0.15) is 89.0 Å². The first-order chi connectivity index (χ1) is 16.5. The van der Waals surface area contributed by atoms with Gasteiger partial charge < -0.3 is 19.3 Å². The maximum atomic E-state index is 10.4. The number of allylic oxidation sites excluding steroid dienone is 5. The summed E-state index contributed by atoms with van der Waals surface area (Å²) < 4.78 is 18.1. The minimum absolute atomic E-state index is 0.360. The molecule has 1 aliphatic rings. The second-order valence-corrected chi connectivity index (χ2v) is 10.7. The molecule has 1 aromatic rings. The van der Waals surface area contributed by atoms with Crippen molar-refractivity contribution in [2.24, 2.45) is 0 Å². The summed E-state index contributed by atoms with van der Waals surface area (Å²) in [7, 11) is 0. The molecule has 0 bridgehead atoms. The lowest BCUT2D eigenvalue weighted by atomic mass is 9.87. The average molecular weight is 485 g/mol. The summed E-state index contributed by atoms with van der Waals surface area (Å²) in [4.78, 5) is 0. The van der Waals surface area contributed by atoms with Crippen LogP contribution in [0.25, 0.3) is 0 Å². The van der Waals surface area contributed by atoms with E-state index in [1.807, 2.05) is 20.8 Å². The zero-order chi connectivity index (χ0) is 26.0. The Labute approximate surface area is 214 Å². The lowest BCUT2D eigenvalue weighted by Crippen LogP contribution is -2.41. The average Bonchev–Trinajstić information content (AvgIpc) is 2.80. The number of fused-ring (bicyclic) bond motifs is 1. The minimum atomic E-state index is -0.360. The highest BCUT2D eigenvalue weighted by molar-refractivity contribution is 5.58. The van der Waals surface area contributed by atoms with Crippen molar-refractivity contribution in [2.75, 3.05) is 26.4 Å². The zero-order valence-electron chi connectivity index (χ0n) is 23.5. The molecule has 1 N–H and O–H groups in total. The first-order valence-electron chi connectivity index (χ1n) is 13.1. The smallest absolute Gasteiger partial charge is 0.130 e. The van der Waals surface area contributed by atoms with Gasteiger partial charge in [0.05, 0.1) is 26.4 Å². The number of phenolic OH excluding ortho intramolecular Hbond substituents is 1. The highest BCUT2D eigenvalue weighted by Gasteiger charge is 2.34. The lowest BCUT2D eigenvalue weighted by molar-refractivity contribution is -0.0412. The van der Waals surface area contributed by atoms with Crippen molar-refractivity contribution in [1.29, 1.82) is 0 Å². The highest BCUT2D eigenvalue weighted by Crippen LogP contribution is 2.43. The van der Waals surface area contributed by atoms with Crippen LogP contribution in [0.2, 0.25) is 0 Å². The standard InChI is InChI=1S/C31H48O4/c1-22(2)11-9-12-23(3)13-10-14-24(4)16-18-33-19-20-34-21-31(8)17-15-28-27(7)29(32)25(5)26(6)30(28)35-31/h11,13,16,32H,9-10,12,14-15,17-21H2,1-8H3/b23-13+,24-16+. The van der Waals surface area contributed by atoms with Crippen LogP contribution in [0.5, 0.6) is 11.5 Å². The molecule has 0 saturated carbocycles. The molecule has 1 aromatic carbocycles. The molecule has 4 nitrogen and oxygen atoms in total. The molecule has 0 spiro atoms. The van der Waals surface area contributed by atoms with E-state index in [1.54, 1.807) is 0 Å². The first kappa shape index (κ1) is 29.2. The molecule has 1 aliphatic heterocycles. The van der Waals surface area contributed by atoms with Crippen LogP contribution in [0.4, 0.5) is 0 Å². The van der Waals surface area contributed by atoms with E-state index < -0.39 is 0 Å². The third kappa shape index (κ3) is 9.16. The van der Waals surface area contributed by atoms with E-state index in [9.17, 15) is 5.11 Å². The fraction of sp³-hybridized carbons (Fsp3) is 0.613. The van der Waals surface area contributed by atoms with E-state index in [0.29, 0.717) is 32.2 Å². The Morgan fingerprint density at radius 2 is 1.51 bits per heavy atom. The number of benzene rings is 1. The maximum Gasteiger partial charge on any atom is 0.130 e. The Morgan fingerprint density at radius 1 is 0.886 bits per heavy atom. The van der Waals surface area contributed by atoms with Gasteiger partial charge in [-0.1, -0.05) is 34.9 Å². The quantitative estimate of drug-likeness (QED) is 0.229. The van der Waals surface area contributed by atoms with Crippen molar-refractivity contribution < 1.29 is 19.3 Å². The van der Waals surface area contributed by atoms with E-state index in [-0.39, 0.29) is 5.60 Å². The van der Waals surface area contributed by atoms with Gasteiger partial charge in [-0.2, -0.15) is 0 Å². The van der Waals surface area contributed by atoms with Crippen LogP contribution in [0.3, 0.4) is 0 Å². The maximum absolute atomic E-state index is 10.4. The van der Waals surface area contributed by atoms with Crippen LogP contribution < -0.4 is 4.74 Å². The molecule has 1 unspecified atom stereocenters. The summed E-state index contributed by atoms with van der Waals surface area (Å²) in [6, 6.07) is 0. The molecule has 0 aliphatic carbocycles. The van der Waals surface area contributed by atoms with Crippen LogP contribution in [-0.4, -0.2) is 37.1 Å². The van der Waals surface area contributed by atoms with E-state index in [4.69, 9.17) is 14.2 Å². The molecule has 0 aromatic heterocycles. The summed E-state index contributed by atoms with van der Waals surface area (Å²) in [6.45, 7) is 19.0. The summed E-state index contributed by atoms with van der Waals surface area (Å²) in [6.07, 6.45) is 13.1. The fourth-order valence-electron chi connectivity index (χ4n) is 4.43. The second-order valence-electron chi connectivity index (χ2n) is 10.7. The second kappa shape index (κ2) is 13.9. The van der Waals surface area contributed by atoms with Gasteiger partial charge in [0, 0.05) is 5.56 Å². The molecule has 1 heterocycles. The van der Waals surface area contributed by atoms with E-state index in [1.165, 1.54) is 16.7 Å². The fourth-order valence-corrected chi connectivity index (χ4v) is 4.43. The van der Waals surface area contributed by atoms with Crippen molar-refractivity contribution in [3.05, 3.63) is 57.2 Å². The topological polar surface area (TPSA) is 47.9 Å². The number of hydrogen-bond donors (Lipinski definition) is 1. The third-order valence-corrected chi connectivity index (χ3v) is 7.04. The van der Waals surface area contributed by atoms with E-state index in [2.05, 4.69) is 52.8 Å². The van der Waals surface area contributed by atoms with Crippen LogP contribution in [0, 0.1) is 20.8 Å². The molecular weight excluding hydrogens is 436 g/mol. The van der Waals surface area contributed by atoms with Gasteiger partial charge in [-0.25, -0.2) is 0 Å². The van der Waals surface area contributed by atoms with Crippen molar-refractivity contribution in [3.8, 4) is 11.5 Å². The van der Waals surface area contributed by atoms with Gasteiger partial charge in [-0.3, -0.25) is 0 Å². The van der Waals surface area contributed by atoms with Gasteiger partial charge in [-0.05, 0) is 111 Å². The highest BCUT2D eigenvalue weighted by atomic mass is 16.6. The summed E-state index contributed by atoms with van der Waals surface area (Å²) >= 11 is 0. The minimum Gasteiger partial charge on any atom is -0.507 e. The number of ether oxygens (including phenoxy) is 3. The lowest BCUT2D eigenvalue weighted by Gasteiger charge is -2.37. The van der Waals surface area contributed by atoms with E-state index in [0.717, 1.165) is 66.5 Å². The largest absolute Gasteiger partial charge is 0.507 e.